The van der Waals surface area contributed by atoms with Crippen LogP contribution in [0.3, 0.4) is 0 Å². The lowest BCUT2D eigenvalue weighted by Gasteiger charge is -2.37. The van der Waals surface area contributed by atoms with Gasteiger partial charge in [-0.25, -0.2) is 4.79 Å². The first-order chi connectivity index (χ1) is 14.1. The molecule has 1 fully saturated rings. The summed E-state index contributed by atoms with van der Waals surface area (Å²) in [6.07, 6.45) is -4.02. The van der Waals surface area contributed by atoms with Gasteiger partial charge in [0.2, 0.25) is 5.91 Å². The minimum Gasteiger partial charge on any atom is -0.404 e. The highest BCUT2D eigenvalue weighted by atomic mass is 19.4. The van der Waals surface area contributed by atoms with Gasteiger partial charge in [0.1, 0.15) is 6.29 Å². The molecule has 0 aromatic heterocycles. The van der Waals surface area contributed by atoms with E-state index >= 15 is 0 Å². The number of ether oxygens (including phenoxy) is 1. The summed E-state index contributed by atoms with van der Waals surface area (Å²) in [5, 5.41) is 4.86. The monoisotopic (exact) mass is 430 g/mol. The summed E-state index contributed by atoms with van der Waals surface area (Å²) in [5.74, 6) is -0.479. The summed E-state index contributed by atoms with van der Waals surface area (Å²) in [7, 11) is 1.42. The first-order valence-electron chi connectivity index (χ1n) is 9.40. The number of hydrogen-bond acceptors (Lipinski definition) is 5. The largest absolute Gasteiger partial charge is 0.573 e. The highest BCUT2D eigenvalue weighted by Crippen LogP contribution is 2.33. The number of anilines is 1. The van der Waals surface area contributed by atoms with Crippen LogP contribution < -0.4 is 20.3 Å². The highest BCUT2D eigenvalue weighted by molar-refractivity contribution is 5.81. The number of aldehydes is 1. The Hall–Kier alpha value is -2.98. The number of piperazine rings is 1. The van der Waals surface area contributed by atoms with E-state index in [1.807, 2.05) is 0 Å². The van der Waals surface area contributed by atoms with Gasteiger partial charge in [-0.3, -0.25) is 4.79 Å². The van der Waals surface area contributed by atoms with Crippen molar-refractivity contribution in [3.63, 3.8) is 0 Å². The lowest BCUT2D eigenvalue weighted by atomic mass is 9.97. The van der Waals surface area contributed by atoms with Gasteiger partial charge in [-0.2, -0.15) is 0 Å². The smallest absolute Gasteiger partial charge is 0.404 e. The van der Waals surface area contributed by atoms with E-state index in [4.69, 9.17) is 0 Å². The maximum atomic E-state index is 12.6. The maximum absolute atomic E-state index is 12.6. The van der Waals surface area contributed by atoms with Gasteiger partial charge in [-0.15, -0.1) is 13.2 Å². The lowest BCUT2D eigenvalue weighted by molar-refractivity contribution is -0.274. The van der Waals surface area contributed by atoms with Crippen molar-refractivity contribution in [1.82, 2.24) is 15.5 Å². The first kappa shape index (κ1) is 23.3. The number of nitrogens with one attached hydrogen (secondary N) is 2. The predicted molar refractivity (Wildman–Crippen MR) is 103 cm³/mol. The minimum absolute atomic E-state index is 0.0486. The Labute approximate surface area is 172 Å². The Balaban J connectivity index is 1.92. The van der Waals surface area contributed by atoms with Crippen LogP contribution in [0.25, 0.3) is 0 Å². The molecule has 11 heteroatoms. The zero-order valence-corrected chi connectivity index (χ0v) is 16.8. The van der Waals surface area contributed by atoms with Crippen molar-refractivity contribution in [3.8, 4) is 5.75 Å². The van der Waals surface area contributed by atoms with Gasteiger partial charge in [0.25, 0.3) is 0 Å². The van der Waals surface area contributed by atoms with E-state index in [-0.39, 0.29) is 24.5 Å². The Kier molecular flexibility index (Phi) is 7.52. The molecule has 1 aliphatic heterocycles. The molecule has 1 aliphatic rings. The van der Waals surface area contributed by atoms with Crippen LogP contribution in [0.1, 0.15) is 19.8 Å². The van der Waals surface area contributed by atoms with Crippen molar-refractivity contribution < 1.29 is 32.3 Å². The molecular weight excluding hydrogens is 405 g/mol. The van der Waals surface area contributed by atoms with Crippen LogP contribution in [-0.2, 0) is 9.59 Å². The molecule has 30 heavy (non-hydrogen) atoms. The van der Waals surface area contributed by atoms with E-state index in [1.54, 1.807) is 21.9 Å². The summed E-state index contributed by atoms with van der Waals surface area (Å²) in [6, 6.07) is 5.35. The maximum Gasteiger partial charge on any atom is 0.573 e. The zero-order valence-electron chi connectivity index (χ0n) is 16.8. The number of carbonyl (C=O) groups is 3. The van der Waals surface area contributed by atoms with Gasteiger partial charge in [0, 0.05) is 39.6 Å². The third-order valence-corrected chi connectivity index (χ3v) is 4.81. The molecule has 0 bridgehead atoms. The van der Waals surface area contributed by atoms with E-state index in [2.05, 4.69) is 15.4 Å². The second-order valence-corrected chi connectivity index (χ2v) is 7.12. The van der Waals surface area contributed by atoms with E-state index in [0.29, 0.717) is 38.2 Å². The Morgan fingerprint density at radius 3 is 2.37 bits per heavy atom. The van der Waals surface area contributed by atoms with E-state index in [1.165, 1.54) is 26.1 Å². The van der Waals surface area contributed by atoms with Gasteiger partial charge in [0.05, 0.1) is 11.2 Å². The number of carbonyl (C=O) groups excluding carboxylic acids is 3. The molecule has 0 saturated carbocycles. The number of nitrogens with zero attached hydrogens (tertiary/aromatic N) is 2. The molecule has 2 N–H and O–H groups in total. The number of benzene rings is 1. The summed E-state index contributed by atoms with van der Waals surface area (Å²) >= 11 is 0. The van der Waals surface area contributed by atoms with Crippen molar-refractivity contribution in [2.24, 2.45) is 0 Å². The van der Waals surface area contributed by atoms with E-state index in [9.17, 15) is 27.6 Å². The van der Waals surface area contributed by atoms with Crippen LogP contribution >= 0.6 is 0 Å². The molecule has 1 unspecified atom stereocenters. The molecule has 166 valence electrons. The van der Waals surface area contributed by atoms with Gasteiger partial charge in [-0.1, -0.05) is 12.1 Å². The van der Waals surface area contributed by atoms with E-state index in [0.717, 1.165) is 0 Å². The van der Waals surface area contributed by atoms with Crippen LogP contribution in [0.2, 0.25) is 0 Å². The summed E-state index contributed by atoms with van der Waals surface area (Å²) in [6.45, 7) is 2.84. The second-order valence-electron chi connectivity index (χ2n) is 7.12. The normalized spacial score (nSPS) is 16.4. The fourth-order valence-corrected chi connectivity index (χ4v) is 3.12. The van der Waals surface area contributed by atoms with Crippen LogP contribution in [-0.4, -0.2) is 68.3 Å². The minimum atomic E-state index is -4.79. The summed E-state index contributed by atoms with van der Waals surface area (Å²) in [4.78, 5) is 38.6. The molecule has 0 aliphatic carbocycles. The number of urea groups is 1. The molecule has 1 saturated heterocycles. The molecule has 1 heterocycles. The predicted octanol–water partition coefficient (Wildman–Crippen LogP) is 1.90. The van der Waals surface area contributed by atoms with Crippen LogP contribution in [0, 0.1) is 0 Å². The topological polar surface area (TPSA) is 91.0 Å². The van der Waals surface area contributed by atoms with Crippen molar-refractivity contribution >= 4 is 23.9 Å². The Morgan fingerprint density at radius 2 is 1.80 bits per heavy atom. The van der Waals surface area contributed by atoms with Gasteiger partial charge >= 0.3 is 12.4 Å². The van der Waals surface area contributed by atoms with Crippen molar-refractivity contribution in [2.45, 2.75) is 31.7 Å². The number of para-hydroxylation sites is 2. The van der Waals surface area contributed by atoms with E-state index < -0.39 is 17.9 Å². The average Bonchev–Trinajstić information content (AvgIpc) is 2.71. The number of amides is 3. The lowest BCUT2D eigenvalue weighted by Crippen LogP contribution is -2.52. The molecule has 3 amide bonds. The second kappa shape index (κ2) is 9.68. The highest BCUT2D eigenvalue weighted by Gasteiger charge is 2.33. The zero-order chi connectivity index (χ0) is 22.4. The molecule has 1 aromatic carbocycles. The molecular formula is C19H25F3N4O4. The van der Waals surface area contributed by atoms with Gasteiger partial charge in [0.15, 0.2) is 5.75 Å². The number of rotatable bonds is 7. The van der Waals surface area contributed by atoms with Crippen molar-refractivity contribution in [2.75, 3.05) is 38.1 Å². The molecule has 1 atom stereocenters. The molecule has 0 radical (unpaired) electrons. The SMILES string of the molecule is CNC(=O)NC(C)(C=O)CCC(=O)N1CCN(c2ccccc2OC(F)(F)F)CC1. The molecule has 0 spiro atoms. The van der Waals surface area contributed by atoms with Crippen LogP contribution in [0.4, 0.5) is 23.7 Å². The number of halogens is 3. The quantitative estimate of drug-likeness (QED) is 0.645. The average molecular weight is 430 g/mol. The first-order valence-corrected chi connectivity index (χ1v) is 9.40. The van der Waals surface area contributed by atoms with Crippen molar-refractivity contribution in [3.05, 3.63) is 24.3 Å². The Bertz CT molecular complexity index is 766. The molecule has 8 nitrogen and oxygen atoms in total. The van der Waals surface area contributed by atoms with Crippen molar-refractivity contribution in [1.29, 1.82) is 0 Å². The van der Waals surface area contributed by atoms with Gasteiger partial charge < -0.3 is 30.0 Å². The number of alkyl halides is 3. The van der Waals surface area contributed by atoms with Crippen LogP contribution in [0.5, 0.6) is 5.75 Å². The summed E-state index contributed by atoms with van der Waals surface area (Å²) in [5.41, 5.74) is -0.865. The fraction of sp³-hybridized carbons (Fsp3) is 0.526. The summed E-state index contributed by atoms with van der Waals surface area (Å²) < 4.78 is 42.0. The molecule has 1 aromatic rings. The fourth-order valence-electron chi connectivity index (χ4n) is 3.12. The third-order valence-electron chi connectivity index (χ3n) is 4.81. The standard InChI is InChI=1S/C19H25F3N4O4/c1-18(13-27,24-17(29)23-2)8-7-16(28)26-11-9-25(10-12-26)14-5-3-4-6-15(14)30-19(20,21)22/h3-6,13H,7-12H2,1-2H3,(H2,23,24,29). The Morgan fingerprint density at radius 1 is 1.17 bits per heavy atom. The molecule has 2 rings (SSSR count). The van der Waals surface area contributed by atoms with Crippen LogP contribution in [0.15, 0.2) is 24.3 Å². The van der Waals surface area contributed by atoms with Gasteiger partial charge in [-0.05, 0) is 25.5 Å². The third kappa shape index (κ3) is 6.53. The number of hydrogen-bond donors (Lipinski definition) is 2.